The predicted molar refractivity (Wildman–Crippen MR) is 222 cm³/mol. The van der Waals surface area contributed by atoms with Crippen molar-refractivity contribution in [3.63, 3.8) is 0 Å². The molecule has 348 valence electrons. The Hall–Kier alpha value is -6.43. The van der Waals surface area contributed by atoms with Gasteiger partial charge in [0.05, 0.1) is 32.4 Å². The first-order valence-corrected chi connectivity index (χ1v) is 20.7. The number of H-pyrrole nitrogens is 2. The second-order valence-electron chi connectivity index (χ2n) is 16.1. The van der Waals surface area contributed by atoms with Crippen LogP contribution in [0.25, 0.3) is 0 Å². The Labute approximate surface area is 363 Å². The molecule has 2 aromatic heterocycles. The molecule has 7 atom stereocenters. The predicted octanol–water partition coefficient (Wildman–Crippen LogP) is -3.92. The summed E-state index contributed by atoms with van der Waals surface area (Å²) in [5.74, 6) is -7.49. The number of likely N-dealkylation sites (tertiary alicyclic amines) is 1. The Balaban J connectivity index is 1.63. The molecule has 13 N–H and O–H groups in total. The Kier molecular flexibility index (Phi) is 20.1. The number of hydrogen-bond acceptors (Lipinski definition) is 13. The number of nitrogens with one attached hydrogen (secondary N) is 9. The van der Waals surface area contributed by atoms with Crippen molar-refractivity contribution in [1.29, 1.82) is 0 Å². The molecule has 8 amide bonds. The van der Waals surface area contributed by atoms with Gasteiger partial charge in [-0.3, -0.25) is 38.4 Å². The van der Waals surface area contributed by atoms with Gasteiger partial charge in [0.15, 0.2) is 0 Å². The highest BCUT2D eigenvalue weighted by molar-refractivity contribution is 5.97. The summed E-state index contributed by atoms with van der Waals surface area (Å²) in [6.45, 7) is 6.80. The number of carbonyl (C=O) groups excluding carboxylic acids is 8. The smallest absolute Gasteiger partial charge is 0.326 e. The number of aromatic nitrogens is 4. The number of carboxylic acid groups (broad SMARTS) is 1. The fourth-order valence-corrected chi connectivity index (χ4v) is 6.74. The molecule has 0 aliphatic carbocycles. The molecule has 0 radical (unpaired) electrons. The molecule has 3 rings (SSSR count). The minimum absolute atomic E-state index is 0.0239. The van der Waals surface area contributed by atoms with E-state index in [1.807, 2.05) is 0 Å². The molecule has 1 fully saturated rings. The van der Waals surface area contributed by atoms with Gasteiger partial charge in [0.2, 0.25) is 47.3 Å². The largest absolute Gasteiger partial charge is 0.480 e. The number of hydrogen-bond donors (Lipinski definition) is 12. The molecule has 3 heterocycles. The van der Waals surface area contributed by atoms with Crippen LogP contribution in [0.2, 0.25) is 0 Å². The van der Waals surface area contributed by atoms with Crippen LogP contribution in [0.5, 0.6) is 0 Å². The third-order valence-corrected chi connectivity index (χ3v) is 9.92. The van der Waals surface area contributed by atoms with Crippen molar-refractivity contribution in [1.82, 2.24) is 62.1 Å². The molecule has 1 aliphatic rings. The summed E-state index contributed by atoms with van der Waals surface area (Å²) in [5.41, 5.74) is 6.39. The number of carboxylic acids is 1. The van der Waals surface area contributed by atoms with E-state index >= 15 is 0 Å². The number of aliphatic hydroxyl groups excluding tert-OH is 1. The van der Waals surface area contributed by atoms with Crippen LogP contribution in [0.3, 0.4) is 0 Å². The Morgan fingerprint density at radius 1 is 0.698 bits per heavy atom. The maximum Gasteiger partial charge on any atom is 0.326 e. The third-order valence-electron chi connectivity index (χ3n) is 9.92. The molecule has 1 aliphatic heterocycles. The van der Waals surface area contributed by atoms with Gasteiger partial charge < -0.3 is 68.0 Å². The molecule has 63 heavy (non-hydrogen) atoms. The Bertz CT molecular complexity index is 1870. The zero-order valence-corrected chi connectivity index (χ0v) is 36.1. The van der Waals surface area contributed by atoms with Crippen molar-refractivity contribution in [2.75, 3.05) is 26.2 Å². The van der Waals surface area contributed by atoms with Crippen LogP contribution in [0.1, 0.15) is 71.7 Å². The van der Waals surface area contributed by atoms with Gasteiger partial charge in [-0.2, -0.15) is 0 Å². The van der Waals surface area contributed by atoms with Crippen molar-refractivity contribution in [3.8, 4) is 0 Å². The molecule has 0 bridgehead atoms. The molecule has 24 nitrogen and oxygen atoms in total. The van der Waals surface area contributed by atoms with E-state index in [9.17, 15) is 53.4 Å². The summed E-state index contributed by atoms with van der Waals surface area (Å²) < 4.78 is 0. The summed E-state index contributed by atoms with van der Waals surface area (Å²) in [6, 6.07) is -8.63. The van der Waals surface area contributed by atoms with Gasteiger partial charge in [0.1, 0.15) is 42.3 Å². The zero-order valence-electron chi connectivity index (χ0n) is 36.1. The lowest BCUT2D eigenvalue weighted by molar-refractivity contribution is -0.149. The van der Waals surface area contributed by atoms with Crippen LogP contribution in [0.15, 0.2) is 25.0 Å². The molecule has 0 unspecified atom stereocenters. The number of carbonyl (C=O) groups is 9. The summed E-state index contributed by atoms with van der Waals surface area (Å²) in [7, 11) is 0. The number of aliphatic carboxylic acids is 1. The van der Waals surface area contributed by atoms with Crippen molar-refractivity contribution in [3.05, 3.63) is 36.4 Å². The second kappa shape index (κ2) is 24.9. The Morgan fingerprint density at radius 3 is 1.73 bits per heavy atom. The fourth-order valence-electron chi connectivity index (χ4n) is 6.74. The van der Waals surface area contributed by atoms with E-state index in [0.717, 1.165) is 4.90 Å². The normalized spacial score (nSPS) is 16.5. The van der Waals surface area contributed by atoms with Gasteiger partial charge >= 0.3 is 5.97 Å². The van der Waals surface area contributed by atoms with Crippen molar-refractivity contribution in [2.45, 2.75) is 115 Å². The minimum Gasteiger partial charge on any atom is -0.480 e. The number of nitrogens with two attached hydrogens (primary N) is 1. The van der Waals surface area contributed by atoms with Gasteiger partial charge in [-0.25, -0.2) is 14.8 Å². The highest BCUT2D eigenvalue weighted by Crippen LogP contribution is 2.19. The highest BCUT2D eigenvalue weighted by atomic mass is 16.4. The molecular formula is C39H61N13O11. The summed E-state index contributed by atoms with van der Waals surface area (Å²) in [6.07, 6.45) is 6.49. The van der Waals surface area contributed by atoms with Gasteiger partial charge in [-0.1, -0.05) is 27.7 Å². The number of imidazole rings is 2. The van der Waals surface area contributed by atoms with Gasteiger partial charge in [-0.05, 0) is 44.4 Å². The van der Waals surface area contributed by atoms with E-state index in [0.29, 0.717) is 17.8 Å². The molecule has 0 aromatic carbocycles. The van der Waals surface area contributed by atoms with E-state index < -0.39 is 109 Å². The first-order chi connectivity index (χ1) is 29.8. The number of aromatic amines is 2. The molecular weight excluding hydrogens is 827 g/mol. The lowest BCUT2D eigenvalue weighted by Gasteiger charge is -2.29. The average molecular weight is 888 g/mol. The Morgan fingerprint density at radius 2 is 1.21 bits per heavy atom. The topological polar surface area (TPSA) is 365 Å². The standard InChI is InChI=1S/C39H61N13O11/c1-20(2)9-25(49-33(56)22(5)46-35(58)27(47-31(54)13-40)11-23-14-41-18-44-23)34(57)43-16-32(55)48-26(10-21(3)4)36(59)51-29(17-53)37(60)50-28(12-24-15-42-19-45-24)38(61)52-8-6-7-30(52)39(62)63/h14-15,18-22,25-30,53H,6-13,16-17,40H2,1-5H3,(H,41,44)(H,42,45)(H,43,57)(H,46,58)(H,47,54)(H,48,55)(H,49,56)(H,50,60)(H,51,59)(H,62,63)/t22-,25-,26-,27-,28-,29-,30-/m0/s1. The molecule has 24 heteroatoms. The average Bonchev–Trinajstić information content (AvgIpc) is 4.04. The molecule has 2 aromatic rings. The zero-order chi connectivity index (χ0) is 46.8. The third kappa shape index (κ3) is 16.4. The first kappa shape index (κ1) is 50.9. The van der Waals surface area contributed by atoms with Crippen LogP contribution in [-0.2, 0) is 56.0 Å². The molecule has 1 saturated heterocycles. The maximum absolute atomic E-state index is 13.6. The van der Waals surface area contributed by atoms with Crippen LogP contribution >= 0.6 is 0 Å². The van der Waals surface area contributed by atoms with Crippen LogP contribution in [-0.4, -0.2) is 157 Å². The molecule has 0 saturated carbocycles. The van der Waals surface area contributed by atoms with E-state index in [2.05, 4.69) is 57.2 Å². The van der Waals surface area contributed by atoms with Crippen LogP contribution < -0.4 is 43.0 Å². The van der Waals surface area contributed by atoms with E-state index in [4.69, 9.17) is 5.73 Å². The lowest BCUT2D eigenvalue weighted by atomic mass is 10.0. The van der Waals surface area contributed by atoms with Crippen LogP contribution in [0.4, 0.5) is 0 Å². The monoisotopic (exact) mass is 887 g/mol. The molecule has 0 spiro atoms. The minimum atomic E-state index is -1.59. The van der Waals surface area contributed by atoms with Gasteiger partial charge in [-0.15, -0.1) is 0 Å². The van der Waals surface area contributed by atoms with Crippen molar-refractivity contribution in [2.24, 2.45) is 17.6 Å². The maximum atomic E-state index is 13.6. The highest BCUT2D eigenvalue weighted by Gasteiger charge is 2.39. The first-order valence-electron chi connectivity index (χ1n) is 20.7. The van der Waals surface area contributed by atoms with E-state index in [-0.39, 0.29) is 57.0 Å². The quantitative estimate of drug-likeness (QED) is 0.0454. The number of aliphatic hydroxyl groups is 1. The second-order valence-corrected chi connectivity index (χ2v) is 16.1. The van der Waals surface area contributed by atoms with Crippen LogP contribution in [0, 0.1) is 11.8 Å². The lowest BCUT2D eigenvalue weighted by Crippen LogP contribution is -2.59. The van der Waals surface area contributed by atoms with Crippen molar-refractivity contribution < 1.29 is 53.4 Å². The fraction of sp³-hybridized carbons (Fsp3) is 0.615. The van der Waals surface area contributed by atoms with Gasteiger partial charge in [0.25, 0.3) is 0 Å². The number of nitrogens with zero attached hydrogens (tertiary/aromatic N) is 3. The van der Waals surface area contributed by atoms with Crippen molar-refractivity contribution >= 4 is 53.2 Å². The summed E-state index contributed by atoms with van der Waals surface area (Å²) in [4.78, 5) is 132. The number of rotatable bonds is 25. The summed E-state index contributed by atoms with van der Waals surface area (Å²) in [5, 5.41) is 37.3. The van der Waals surface area contributed by atoms with Gasteiger partial charge in [0, 0.05) is 43.2 Å². The summed E-state index contributed by atoms with van der Waals surface area (Å²) >= 11 is 0. The number of amides is 8. The SMILES string of the molecule is CC(C)C[C@H](NC(=O)CNC(=O)[C@H](CC(C)C)NC(=O)[C@H](C)NC(=O)[C@H](Cc1cnc[nH]1)NC(=O)CN)C(=O)N[C@@H](CO)C(=O)N[C@@H](Cc1cnc[nH]1)C(=O)N1CCC[C@H]1C(=O)O. The van der Waals surface area contributed by atoms with E-state index in [1.165, 1.54) is 32.0 Å². The van der Waals surface area contributed by atoms with E-state index in [1.54, 1.807) is 27.7 Å².